The van der Waals surface area contributed by atoms with Gasteiger partial charge in [0.15, 0.2) is 0 Å². The summed E-state index contributed by atoms with van der Waals surface area (Å²) in [6.45, 7) is 0. The van der Waals surface area contributed by atoms with Gasteiger partial charge in [-0.1, -0.05) is 74.0 Å². The Morgan fingerprint density at radius 3 is 1.71 bits per heavy atom. The maximum absolute atomic E-state index is 6.36. The highest BCUT2D eigenvalue weighted by atomic mass is 127. The lowest BCUT2D eigenvalue weighted by atomic mass is 10.0. The van der Waals surface area contributed by atoms with Crippen LogP contribution in [0, 0.1) is 0 Å². The molecule has 14 heavy (non-hydrogen) atoms. The van der Waals surface area contributed by atoms with Crippen LogP contribution in [0.25, 0.3) is 0 Å². The molecule has 0 aromatic heterocycles. The van der Waals surface area contributed by atoms with Crippen LogP contribution in [0.2, 0.25) is 0 Å². The summed E-state index contributed by atoms with van der Waals surface area (Å²) in [5.74, 6) is 0. The minimum Gasteiger partial charge on any atom is -0.122 e. The largest absolute Gasteiger partial charge is 0.122 e. The molecule has 0 aromatic rings. The summed E-state index contributed by atoms with van der Waals surface area (Å²) in [4.78, 5) is 0. The van der Waals surface area contributed by atoms with Gasteiger partial charge in [-0.2, -0.15) is 0 Å². The normalized spacial score (nSPS) is 33.0. The highest BCUT2D eigenvalue weighted by molar-refractivity contribution is 14.1. The van der Waals surface area contributed by atoms with Crippen molar-refractivity contribution >= 4 is 34.2 Å². The van der Waals surface area contributed by atoms with Gasteiger partial charge >= 0.3 is 0 Å². The fourth-order valence-corrected chi connectivity index (χ4v) is 3.18. The molecule has 1 fully saturated rings. The van der Waals surface area contributed by atoms with Crippen molar-refractivity contribution in [3.8, 4) is 0 Å². The Balaban J connectivity index is 2.23. The summed E-state index contributed by atoms with van der Waals surface area (Å²) in [7, 11) is 0. The predicted molar refractivity (Wildman–Crippen MR) is 73.6 cm³/mol. The minimum atomic E-state index is 0.426. The molecule has 0 amide bonds. The Morgan fingerprint density at radius 2 is 1.14 bits per heavy atom. The molecule has 2 atom stereocenters. The predicted octanol–water partition coefficient (Wildman–Crippen LogP) is 5.31. The second-order valence-corrected chi connectivity index (χ2v) is 6.60. The lowest BCUT2D eigenvalue weighted by Crippen LogP contribution is -2.14. The summed E-state index contributed by atoms with van der Waals surface area (Å²) in [5.41, 5.74) is 0. The third-order valence-electron chi connectivity index (χ3n) is 3.10. The molecular weight excluding hydrogens is 306 g/mol. The summed E-state index contributed by atoms with van der Waals surface area (Å²) in [6, 6.07) is 0. The van der Waals surface area contributed by atoms with Crippen LogP contribution in [0.4, 0.5) is 0 Å². The third-order valence-corrected chi connectivity index (χ3v) is 5.54. The molecule has 1 aliphatic rings. The molecule has 1 aliphatic carbocycles. The first kappa shape index (κ1) is 13.1. The van der Waals surface area contributed by atoms with Gasteiger partial charge in [-0.25, -0.2) is 0 Å². The maximum atomic E-state index is 6.36. The van der Waals surface area contributed by atoms with Gasteiger partial charge < -0.3 is 0 Å². The number of halogens is 2. The van der Waals surface area contributed by atoms with Crippen molar-refractivity contribution < 1.29 is 0 Å². The molecule has 0 heterocycles. The molecule has 2 unspecified atom stereocenters. The third kappa shape index (κ3) is 5.79. The lowest BCUT2D eigenvalue weighted by Gasteiger charge is -2.17. The number of rotatable bonds is 0. The van der Waals surface area contributed by atoms with Crippen molar-refractivity contribution in [3.63, 3.8) is 0 Å². The highest BCUT2D eigenvalue weighted by Crippen LogP contribution is 2.25. The lowest BCUT2D eigenvalue weighted by molar-refractivity contribution is 0.518. The molecule has 0 aromatic carbocycles. The van der Waals surface area contributed by atoms with Crippen LogP contribution in [0.3, 0.4) is 0 Å². The van der Waals surface area contributed by atoms with Crippen molar-refractivity contribution in [2.24, 2.45) is 0 Å². The zero-order valence-electron chi connectivity index (χ0n) is 8.98. The Morgan fingerprint density at radius 1 is 0.714 bits per heavy atom. The van der Waals surface area contributed by atoms with Gasteiger partial charge in [-0.05, 0) is 12.8 Å². The van der Waals surface area contributed by atoms with Gasteiger partial charge in [0.25, 0.3) is 0 Å². The Labute approximate surface area is 107 Å². The molecule has 0 nitrogen and oxygen atoms in total. The van der Waals surface area contributed by atoms with E-state index in [2.05, 4.69) is 22.6 Å². The summed E-state index contributed by atoms with van der Waals surface area (Å²) in [6.07, 6.45) is 13.9. The number of hydrogen-bond donors (Lipinski definition) is 0. The molecule has 0 aliphatic heterocycles. The van der Waals surface area contributed by atoms with Crippen LogP contribution in [0.1, 0.15) is 64.2 Å². The van der Waals surface area contributed by atoms with E-state index in [-0.39, 0.29) is 0 Å². The first-order chi connectivity index (χ1) is 6.80. The van der Waals surface area contributed by atoms with Gasteiger partial charge in [0.2, 0.25) is 0 Å². The Kier molecular flexibility index (Phi) is 7.67. The first-order valence-electron chi connectivity index (χ1n) is 6.09. The van der Waals surface area contributed by atoms with Crippen LogP contribution in [0.5, 0.6) is 0 Å². The second kappa shape index (κ2) is 8.20. The van der Waals surface area contributed by atoms with Gasteiger partial charge in [-0.15, -0.1) is 11.6 Å². The summed E-state index contributed by atoms with van der Waals surface area (Å²) in [5, 5.41) is 0.426. The van der Waals surface area contributed by atoms with E-state index in [1.54, 1.807) is 0 Å². The van der Waals surface area contributed by atoms with Gasteiger partial charge in [0.05, 0.1) is 0 Å². The zero-order valence-corrected chi connectivity index (χ0v) is 11.9. The molecule has 1 rings (SSSR count). The molecule has 1 saturated carbocycles. The molecule has 0 radical (unpaired) electrons. The Hall–Kier alpha value is 1.02. The van der Waals surface area contributed by atoms with E-state index in [0.29, 0.717) is 9.30 Å². The first-order valence-corrected chi connectivity index (χ1v) is 7.77. The molecule has 2 heteroatoms. The highest BCUT2D eigenvalue weighted by Gasteiger charge is 2.15. The van der Waals surface area contributed by atoms with E-state index >= 15 is 0 Å². The monoisotopic (exact) mass is 328 g/mol. The molecule has 0 bridgehead atoms. The van der Waals surface area contributed by atoms with Crippen molar-refractivity contribution in [1.29, 1.82) is 0 Å². The molecule has 0 N–H and O–H groups in total. The van der Waals surface area contributed by atoms with Crippen LogP contribution < -0.4 is 0 Å². The average Bonchev–Trinajstić information content (AvgIpc) is 2.18. The van der Waals surface area contributed by atoms with E-state index in [4.69, 9.17) is 11.6 Å². The summed E-state index contributed by atoms with van der Waals surface area (Å²) < 4.78 is 0.702. The van der Waals surface area contributed by atoms with E-state index in [0.717, 1.165) is 0 Å². The van der Waals surface area contributed by atoms with E-state index in [1.807, 2.05) is 0 Å². The van der Waals surface area contributed by atoms with Crippen molar-refractivity contribution in [2.75, 3.05) is 0 Å². The summed E-state index contributed by atoms with van der Waals surface area (Å²) >= 11 is 8.90. The Bertz CT molecular complexity index is 122. The van der Waals surface area contributed by atoms with Gasteiger partial charge in [0.1, 0.15) is 0 Å². The van der Waals surface area contributed by atoms with Gasteiger partial charge in [0, 0.05) is 9.30 Å². The van der Waals surface area contributed by atoms with E-state index in [9.17, 15) is 0 Å². The van der Waals surface area contributed by atoms with Crippen molar-refractivity contribution in [2.45, 2.75) is 73.5 Å². The molecule has 0 saturated heterocycles. The smallest absolute Gasteiger partial charge is 0.0453 e. The van der Waals surface area contributed by atoms with Crippen molar-refractivity contribution in [3.05, 3.63) is 0 Å². The maximum Gasteiger partial charge on any atom is 0.0453 e. The fourth-order valence-electron chi connectivity index (χ4n) is 2.10. The number of alkyl halides is 2. The standard InChI is InChI=1S/C12H22ClI/c13-11-9-7-5-3-1-2-4-6-8-10-12(11)14/h11-12H,1-10H2. The van der Waals surface area contributed by atoms with Gasteiger partial charge in [-0.3, -0.25) is 0 Å². The SMILES string of the molecule is ClC1CCCCCCCCCCC1I. The fraction of sp³-hybridized carbons (Fsp3) is 1.00. The molecule has 84 valence electrons. The van der Waals surface area contributed by atoms with E-state index < -0.39 is 0 Å². The molecular formula is C12H22ClI. The van der Waals surface area contributed by atoms with E-state index in [1.165, 1.54) is 64.2 Å². The quantitative estimate of drug-likeness (QED) is 0.417. The van der Waals surface area contributed by atoms with Crippen LogP contribution in [0.15, 0.2) is 0 Å². The van der Waals surface area contributed by atoms with Crippen LogP contribution in [-0.4, -0.2) is 9.30 Å². The molecule has 0 spiro atoms. The zero-order chi connectivity index (χ0) is 10.2. The van der Waals surface area contributed by atoms with Crippen molar-refractivity contribution in [1.82, 2.24) is 0 Å². The average molecular weight is 329 g/mol. The minimum absolute atomic E-state index is 0.426. The number of hydrogen-bond acceptors (Lipinski definition) is 0. The van der Waals surface area contributed by atoms with Crippen LogP contribution >= 0.6 is 34.2 Å². The topological polar surface area (TPSA) is 0 Å². The van der Waals surface area contributed by atoms with Crippen LogP contribution in [-0.2, 0) is 0 Å². The second-order valence-electron chi connectivity index (χ2n) is 4.44.